The Kier molecular flexibility index (Phi) is 8.19. The average Bonchev–Trinajstić information content (AvgIpc) is 3.34. The second kappa shape index (κ2) is 11.3. The van der Waals surface area contributed by atoms with Crippen LogP contribution in [0.25, 0.3) is 6.08 Å². The highest BCUT2D eigenvalue weighted by atomic mass is 19.4. The van der Waals surface area contributed by atoms with Gasteiger partial charge in [0.05, 0.1) is 38.3 Å². The Labute approximate surface area is 199 Å². The molecule has 10 heteroatoms. The molecule has 0 aliphatic rings. The monoisotopic (exact) mass is 488 g/mol. The summed E-state index contributed by atoms with van der Waals surface area (Å²) < 4.78 is 55.5. The van der Waals surface area contributed by atoms with E-state index >= 15 is 0 Å². The van der Waals surface area contributed by atoms with Gasteiger partial charge in [-0.3, -0.25) is 9.59 Å². The molecule has 0 fully saturated rings. The number of amides is 2. The fourth-order valence-corrected chi connectivity index (χ4v) is 3.20. The number of hydrogen-bond donors (Lipinski definition) is 1. The number of methoxy groups -OCH3 is 2. The molecule has 1 N–H and O–H groups in total. The number of nitrogens with one attached hydrogen (secondary N) is 1. The molecule has 0 unspecified atom stereocenters. The Morgan fingerprint density at radius 2 is 1.71 bits per heavy atom. The Morgan fingerprint density at radius 3 is 2.31 bits per heavy atom. The van der Waals surface area contributed by atoms with Gasteiger partial charge in [-0.15, -0.1) is 0 Å². The number of ether oxygens (including phenoxy) is 2. The van der Waals surface area contributed by atoms with E-state index in [1.54, 1.807) is 30.3 Å². The number of alkyl halides is 3. The number of rotatable bonds is 9. The summed E-state index contributed by atoms with van der Waals surface area (Å²) in [6, 6.07) is 12.9. The lowest BCUT2D eigenvalue weighted by Crippen LogP contribution is -2.36. The first kappa shape index (κ1) is 25.4. The van der Waals surface area contributed by atoms with Crippen LogP contribution in [-0.4, -0.2) is 37.5 Å². The summed E-state index contributed by atoms with van der Waals surface area (Å²) in [6.07, 6.45) is -0.475. The highest BCUT2D eigenvalue weighted by molar-refractivity contribution is 5.98. The van der Waals surface area contributed by atoms with E-state index in [4.69, 9.17) is 13.9 Å². The summed E-state index contributed by atoms with van der Waals surface area (Å²) in [6.45, 7) is -0.566. The van der Waals surface area contributed by atoms with Gasteiger partial charge in [0.1, 0.15) is 23.8 Å². The third-order valence-corrected chi connectivity index (χ3v) is 4.87. The number of carbonyl (C=O) groups is 2. The number of anilines is 1. The predicted molar refractivity (Wildman–Crippen MR) is 123 cm³/mol. The Morgan fingerprint density at radius 1 is 1.03 bits per heavy atom. The quantitative estimate of drug-likeness (QED) is 0.429. The lowest BCUT2D eigenvalue weighted by atomic mass is 10.1. The van der Waals surface area contributed by atoms with E-state index < -0.39 is 35.8 Å². The smallest absolute Gasteiger partial charge is 0.418 e. The number of carbonyl (C=O) groups excluding carboxylic acids is 2. The summed E-state index contributed by atoms with van der Waals surface area (Å²) in [7, 11) is 2.99. The van der Waals surface area contributed by atoms with Gasteiger partial charge in [0, 0.05) is 12.1 Å². The molecule has 0 spiro atoms. The topological polar surface area (TPSA) is 81.0 Å². The number of benzene rings is 2. The van der Waals surface area contributed by atoms with E-state index in [0.717, 1.165) is 17.0 Å². The van der Waals surface area contributed by atoms with Crippen molar-refractivity contribution < 1.29 is 36.7 Å². The molecule has 0 radical (unpaired) electrons. The van der Waals surface area contributed by atoms with Crippen LogP contribution in [0.5, 0.6) is 11.5 Å². The third kappa shape index (κ3) is 7.13. The van der Waals surface area contributed by atoms with Gasteiger partial charge in [-0.2, -0.15) is 13.2 Å². The molecule has 0 bridgehead atoms. The van der Waals surface area contributed by atoms with Crippen molar-refractivity contribution in [3.8, 4) is 11.5 Å². The SMILES string of the molecule is COc1cc(/C=C/C(=O)N(CC(=O)Nc2ccccc2C(F)(F)F)Cc2ccco2)cc(OC)c1. The molecule has 3 rings (SSSR count). The molecule has 1 aromatic heterocycles. The molecule has 7 nitrogen and oxygen atoms in total. The first-order valence-electron chi connectivity index (χ1n) is 10.4. The highest BCUT2D eigenvalue weighted by Crippen LogP contribution is 2.34. The molecule has 0 atom stereocenters. The molecular formula is C25H23F3N2O5. The van der Waals surface area contributed by atoms with Crippen LogP contribution in [0, 0.1) is 0 Å². The third-order valence-electron chi connectivity index (χ3n) is 4.87. The zero-order valence-electron chi connectivity index (χ0n) is 19.0. The maximum Gasteiger partial charge on any atom is 0.418 e. The van der Waals surface area contributed by atoms with Crippen molar-refractivity contribution in [2.24, 2.45) is 0 Å². The van der Waals surface area contributed by atoms with E-state index in [1.807, 2.05) is 0 Å². The van der Waals surface area contributed by atoms with Crippen molar-refractivity contribution in [1.82, 2.24) is 4.90 Å². The van der Waals surface area contributed by atoms with Crippen LogP contribution in [0.15, 0.2) is 71.4 Å². The molecule has 0 saturated carbocycles. The van der Waals surface area contributed by atoms with E-state index in [9.17, 15) is 22.8 Å². The number of halogens is 3. The van der Waals surface area contributed by atoms with E-state index in [1.165, 1.54) is 44.8 Å². The van der Waals surface area contributed by atoms with Crippen LogP contribution in [0.1, 0.15) is 16.9 Å². The van der Waals surface area contributed by atoms with Gasteiger partial charge < -0.3 is 24.1 Å². The Hall–Kier alpha value is -4.21. The first-order chi connectivity index (χ1) is 16.7. The summed E-state index contributed by atoms with van der Waals surface area (Å²) in [4.78, 5) is 26.7. The second-order valence-electron chi connectivity index (χ2n) is 7.34. The zero-order valence-corrected chi connectivity index (χ0v) is 19.0. The largest absolute Gasteiger partial charge is 0.497 e. The first-order valence-corrected chi connectivity index (χ1v) is 10.4. The maximum atomic E-state index is 13.3. The molecule has 0 aliphatic heterocycles. The number of nitrogens with zero attached hydrogens (tertiary/aromatic N) is 1. The summed E-state index contributed by atoms with van der Waals surface area (Å²) in [5, 5.41) is 2.25. The molecule has 2 aromatic carbocycles. The Bertz CT molecular complexity index is 1170. The minimum absolute atomic E-state index is 0.0635. The fourth-order valence-electron chi connectivity index (χ4n) is 3.20. The summed E-state index contributed by atoms with van der Waals surface area (Å²) in [5.74, 6) is 0.0944. The van der Waals surface area contributed by atoms with Crippen molar-refractivity contribution in [3.63, 3.8) is 0 Å². The zero-order chi connectivity index (χ0) is 25.4. The van der Waals surface area contributed by atoms with E-state index in [-0.39, 0.29) is 6.54 Å². The standard InChI is InChI=1S/C25H23F3N2O5/c1-33-19-12-17(13-20(14-19)34-2)9-10-24(32)30(15-18-6-5-11-35-18)16-23(31)29-22-8-4-3-7-21(22)25(26,27)28/h3-14H,15-16H2,1-2H3,(H,29,31)/b10-9+. The van der Waals surface area contributed by atoms with Gasteiger partial charge in [0.15, 0.2) is 0 Å². The number of furan rings is 1. The van der Waals surface area contributed by atoms with Crippen LogP contribution in [0.3, 0.4) is 0 Å². The van der Waals surface area contributed by atoms with Gasteiger partial charge in [-0.05, 0) is 48.0 Å². The van der Waals surface area contributed by atoms with Gasteiger partial charge in [-0.1, -0.05) is 12.1 Å². The van der Waals surface area contributed by atoms with Gasteiger partial charge >= 0.3 is 6.18 Å². The molecule has 2 amide bonds. The minimum atomic E-state index is -4.64. The van der Waals surface area contributed by atoms with E-state index in [0.29, 0.717) is 22.8 Å². The molecule has 0 aliphatic carbocycles. The molecule has 184 valence electrons. The number of hydrogen-bond acceptors (Lipinski definition) is 5. The Balaban J connectivity index is 1.79. The maximum absolute atomic E-state index is 13.3. The molecular weight excluding hydrogens is 465 g/mol. The molecule has 3 aromatic rings. The van der Waals surface area contributed by atoms with Crippen molar-refractivity contribution in [3.05, 3.63) is 83.8 Å². The average molecular weight is 488 g/mol. The van der Waals surface area contributed by atoms with Gasteiger partial charge in [0.2, 0.25) is 11.8 Å². The van der Waals surface area contributed by atoms with Crippen LogP contribution in [0.2, 0.25) is 0 Å². The van der Waals surface area contributed by atoms with Crippen molar-refractivity contribution in [2.45, 2.75) is 12.7 Å². The molecule has 35 heavy (non-hydrogen) atoms. The normalized spacial score (nSPS) is 11.3. The van der Waals surface area contributed by atoms with E-state index in [2.05, 4.69) is 5.32 Å². The van der Waals surface area contributed by atoms with Crippen LogP contribution >= 0.6 is 0 Å². The number of para-hydroxylation sites is 1. The predicted octanol–water partition coefficient (Wildman–Crippen LogP) is 5.00. The molecule has 1 heterocycles. The summed E-state index contributed by atoms with van der Waals surface area (Å²) in [5.41, 5.74) is -0.769. The van der Waals surface area contributed by atoms with Crippen LogP contribution < -0.4 is 14.8 Å². The lowest BCUT2D eigenvalue weighted by molar-refractivity contribution is -0.137. The van der Waals surface area contributed by atoms with Crippen molar-refractivity contribution >= 4 is 23.6 Å². The minimum Gasteiger partial charge on any atom is -0.497 e. The highest BCUT2D eigenvalue weighted by Gasteiger charge is 2.33. The van der Waals surface area contributed by atoms with Crippen molar-refractivity contribution in [1.29, 1.82) is 0 Å². The van der Waals surface area contributed by atoms with Gasteiger partial charge in [-0.25, -0.2) is 0 Å². The van der Waals surface area contributed by atoms with Crippen molar-refractivity contribution in [2.75, 3.05) is 26.1 Å². The lowest BCUT2D eigenvalue weighted by Gasteiger charge is -2.20. The fraction of sp³-hybridized carbons (Fsp3) is 0.200. The van der Waals surface area contributed by atoms with Crippen LogP contribution in [0.4, 0.5) is 18.9 Å². The summed E-state index contributed by atoms with van der Waals surface area (Å²) >= 11 is 0. The second-order valence-corrected chi connectivity index (χ2v) is 7.34. The molecule has 0 saturated heterocycles. The van der Waals surface area contributed by atoms with Crippen LogP contribution in [-0.2, 0) is 22.3 Å². The van der Waals surface area contributed by atoms with Gasteiger partial charge in [0.25, 0.3) is 0 Å².